The van der Waals surface area contributed by atoms with E-state index in [1.54, 1.807) is 0 Å². The summed E-state index contributed by atoms with van der Waals surface area (Å²) in [5.74, 6) is 0. The van der Waals surface area contributed by atoms with E-state index in [-0.39, 0.29) is 0 Å². The maximum absolute atomic E-state index is 11.6. The van der Waals surface area contributed by atoms with Crippen molar-refractivity contribution >= 4 is 26.1 Å². The third-order valence-corrected chi connectivity index (χ3v) is 7.55. The Morgan fingerprint density at radius 1 is 0.710 bits per heavy atom. The molecular weight excluding hydrogens is 432 g/mol. The molecule has 6 heteroatoms. The summed E-state index contributed by atoms with van der Waals surface area (Å²) in [7, 11) is -6.03. The first kappa shape index (κ1) is 21.7. The second-order valence-electron chi connectivity index (χ2n) is 6.96. The lowest BCUT2D eigenvalue weighted by Gasteiger charge is -2.22. The van der Waals surface area contributed by atoms with Gasteiger partial charge in [-0.2, -0.15) is 14.0 Å². The van der Waals surface area contributed by atoms with Crippen molar-refractivity contribution in [1.29, 1.82) is 0 Å². The summed E-state index contributed by atoms with van der Waals surface area (Å²) in [5, 5.41) is 0. The van der Waals surface area contributed by atoms with Crippen molar-refractivity contribution in [3.63, 3.8) is 0 Å². The Labute approximate surface area is 186 Å². The molecule has 31 heavy (non-hydrogen) atoms. The Bertz CT molecular complexity index is 1150. The van der Waals surface area contributed by atoms with Gasteiger partial charge in [-0.1, -0.05) is 91.9 Å². The van der Waals surface area contributed by atoms with Crippen molar-refractivity contribution in [2.45, 2.75) is 13.3 Å². The molecule has 1 heterocycles. The van der Waals surface area contributed by atoms with Crippen LogP contribution in [-0.2, 0) is 10.2 Å². The Balaban J connectivity index is 1.97. The van der Waals surface area contributed by atoms with Gasteiger partial charge >= 0.3 is 0 Å². The third kappa shape index (κ3) is 5.22. The molecule has 3 aromatic carbocycles. The van der Waals surface area contributed by atoms with Gasteiger partial charge in [-0.05, 0) is 46.4 Å². The summed E-state index contributed by atoms with van der Waals surface area (Å²) in [4.78, 5) is 1.29. The van der Waals surface area contributed by atoms with E-state index in [0.717, 1.165) is 28.7 Å². The van der Waals surface area contributed by atoms with E-state index in [1.807, 2.05) is 97.1 Å². The predicted octanol–water partition coefficient (Wildman–Crippen LogP) is 3.01. The van der Waals surface area contributed by atoms with Crippen LogP contribution < -0.4 is 14.0 Å². The molecule has 1 unspecified atom stereocenters. The molecule has 0 N–H and O–H groups in total. The van der Waals surface area contributed by atoms with Gasteiger partial charge in [0.25, 0.3) is 0 Å². The van der Waals surface area contributed by atoms with E-state index < -0.39 is 21.0 Å². The summed E-state index contributed by atoms with van der Waals surface area (Å²) in [6, 6.07) is 27.1. The average Bonchev–Trinajstić information content (AvgIpc) is 2.79. The molecule has 1 aliphatic heterocycles. The van der Waals surface area contributed by atoms with E-state index in [2.05, 4.69) is 6.92 Å². The van der Waals surface area contributed by atoms with Crippen molar-refractivity contribution in [3.8, 4) is 0 Å². The molecule has 4 nitrogen and oxygen atoms in total. The van der Waals surface area contributed by atoms with Crippen LogP contribution in [0.3, 0.4) is 0 Å². The van der Waals surface area contributed by atoms with Gasteiger partial charge in [0.1, 0.15) is 14.5 Å². The molecule has 0 saturated heterocycles. The molecule has 0 spiro atoms. The molecule has 0 radical (unpaired) electrons. The fraction of sp³-hybridized carbons (Fsp3) is 0.0800. The van der Waals surface area contributed by atoms with Crippen LogP contribution in [-0.4, -0.2) is 4.86 Å². The number of allylic oxidation sites excluding steroid dienone is 3. The van der Waals surface area contributed by atoms with Crippen LogP contribution in [0.5, 0.6) is 0 Å². The largest absolute Gasteiger partial charge is 0.182 e. The number of halogens is 1. The van der Waals surface area contributed by atoms with Crippen LogP contribution in [0.4, 0.5) is 0 Å². The van der Waals surface area contributed by atoms with Gasteiger partial charge in [0.15, 0.2) is 0 Å². The molecule has 1 aliphatic rings. The summed E-state index contributed by atoms with van der Waals surface area (Å²) in [5.41, 5.74) is 4.69. The van der Waals surface area contributed by atoms with Crippen molar-refractivity contribution in [2.75, 3.05) is 0 Å². The minimum atomic E-state index is -4.62. The topological polar surface area (TPSA) is 78.4 Å². The number of aryl methyl sites for hydroxylation is 1. The molecule has 1 atom stereocenters. The minimum absolute atomic E-state index is 0.642. The summed E-state index contributed by atoms with van der Waals surface area (Å²) < 4.78 is 40.1. The zero-order valence-corrected chi connectivity index (χ0v) is 18.4. The highest BCUT2D eigenvalue weighted by atomic mass is 35.7. The number of rotatable bonds is 6. The lowest BCUT2D eigenvalue weighted by Crippen LogP contribution is -2.60. The summed E-state index contributed by atoms with van der Waals surface area (Å²) >= 11 is 0. The maximum Gasteiger partial charge on any atom is 0.148 e. The van der Waals surface area contributed by atoms with Crippen molar-refractivity contribution in [3.05, 3.63) is 119 Å². The van der Waals surface area contributed by atoms with Crippen molar-refractivity contribution in [1.82, 2.24) is 0 Å². The molecule has 0 saturated carbocycles. The lowest BCUT2D eigenvalue weighted by molar-refractivity contribution is -1.91. The molecule has 0 aliphatic carbocycles. The summed E-state index contributed by atoms with van der Waals surface area (Å²) in [6.45, 7) is 2.07. The van der Waals surface area contributed by atoms with Crippen LogP contribution >= 0.6 is 10.8 Å². The first-order chi connectivity index (χ1) is 14.9. The summed E-state index contributed by atoms with van der Waals surface area (Å²) in [6.07, 6.45) is 4.70. The quantitative estimate of drug-likeness (QED) is 0.538. The Morgan fingerprint density at radius 2 is 1.29 bits per heavy atom. The Kier molecular flexibility index (Phi) is 6.53. The zero-order valence-electron chi connectivity index (χ0n) is 16.9. The maximum atomic E-state index is 11.6. The van der Waals surface area contributed by atoms with Crippen LogP contribution in [0.25, 0.3) is 10.5 Å². The highest BCUT2D eigenvalue weighted by molar-refractivity contribution is 8.20. The van der Waals surface area contributed by atoms with Crippen LogP contribution in [0, 0.1) is 10.2 Å². The van der Waals surface area contributed by atoms with Crippen LogP contribution in [0.1, 0.15) is 29.2 Å². The van der Waals surface area contributed by atoms with E-state index in [4.69, 9.17) is 3.74 Å². The Hall–Kier alpha value is -2.51. The standard InChI is InChI=1S/C25H21ClO4S/c1-2-19-13-15-22(16-14-19)25-18-23(20-9-5-3-6-10-20)17-24(21-11-7-4-8-12-21)31(25)30-26(27,28)29/h3-18H,2H2,1H3. The molecule has 3 aromatic rings. The van der Waals surface area contributed by atoms with E-state index in [0.29, 0.717) is 9.77 Å². The zero-order chi connectivity index (χ0) is 21.8. The number of hydrogen-bond donors (Lipinski definition) is 0. The third-order valence-electron chi connectivity index (χ3n) is 4.92. The molecule has 0 aromatic heterocycles. The van der Waals surface area contributed by atoms with Gasteiger partial charge in [0, 0.05) is 0 Å². The van der Waals surface area contributed by atoms with E-state index in [1.165, 1.54) is 5.56 Å². The van der Waals surface area contributed by atoms with E-state index in [9.17, 15) is 14.0 Å². The molecule has 0 bridgehead atoms. The van der Waals surface area contributed by atoms with Crippen LogP contribution in [0.15, 0.2) is 97.1 Å². The second kappa shape index (κ2) is 9.32. The lowest BCUT2D eigenvalue weighted by atomic mass is 10.00. The van der Waals surface area contributed by atoms with Crippen molar-refractivity contribution < 1.29 is 28.0 Å². The SMILES string of the molecule is CCc1ccc(C2=S(O[Cl+3]([O-])([O-])[O-])C(c3ccccc3)=CC(c3ccccc3)=C2)cc1. The molecular formula is C25H21ClO4S. The van der Waals surface area contributed by atoms with Gasteiger partial charge in [-0.3, -0.25) is 0 Å². The van der Waals surface area contributed by atoms with Crippen LogP contribution in [0.2, 0.25) is 0 Å². The molecule has 158 valence electrons. The molecule has 0 amide bonds. The number of hydrogen-bond acceptors (Lipinski definition) is 4. The minimum Gasteiger partial charge on any atom is -0.182 e. The second-order valence-corrected chi connectivity index (χ2v) is 9.64. The Morgan fingerprint density at radius 3 is 1.84 bits per heavy atom. The van der Waals surface area contributed by atoms with Gasteiger partial charge in [-0.15, -0.1) is 0 Å². The highest BCUT2D eigenvalue weighted by Gasteiger charge is 2.31. The fourth-order valence-electron chi connectivity index (χ4n) is 3.38. The monoisotopic (exact) mass is 452 g/mol. The van der Waals surface area contributed by atoms with Crippen molar-refractivity contribution in [2.24, 2.45) is 0 Å². The average molecular weight is 453 g/mol. The predicted molar refractivity (Wildman–Crippen MR) is 117 cm³/mol. The fourth-order valence-corrected chi connectivity index (χ4v) is 5.95. The first-order valence-electron chi connectivity index (χ1n) is 9.80. The number of benzene rings is 3. The molecule has 0 fully saturated rings. The normalized spacial score (nSPS) is 16.6. The van der Waals surface area contributed by atoms with Gasteiger partial charge < -0.3 is 0 Å². The van der Waals surface area contributed by atoms with Gasteiger partial charge in [0.05, 0.1) is 20.0 Å². The highest BCUT2D eigenvalue weighted by Crippen LogP contribution is 2.44. The first-order valence-corrected chi connectivity index (χ1v) is 12.2. The van der Waals surface area contributed by atoms with Gasteiger partial charge in [0.2, 0.25) is 0 Å². The van der Waals surface area contributed by atoms with Gasteiger partial charge in [-0.25, -0.2) is 0 Å². The molecule has 4 rings (SSSR count). The van der Waals surface area contributed by atoms with E-state index >= 15 is 0 Å². The smallest absolute Gasteiger partial charge is 0.148 e.